The van der Waals surface area contributed by atoms with Gasteiger partial charge in [0.15, 0.2) is 0 Å². The Labute approximate surface area is 71.6 Å². The molecule has 2 aliphatic rings. The Morgan fingerprint density at radius 1 is 1.42 bits per heavy atom. The molecule has 2 rings (SSSR count). The highest BCUT2D eigenvalue weighted by atomic mass is 16.4. The lowest BCUT2D eigenvalue weighted by Crippen LogP contribution is -2.03. The predicted molar refractivity (Wildman–Crippen MR) is 45.6 cm³/mol. The maximum Gasteiger partial charge on any atom is 0.327 e. The first-order valence-electron chi connectivity index (χ1n) is 4.35. The second kappa shape index (κ2) is 2.77. The molecule has 2 aliphatic carbocycles. The van der Waals surface area contributed by atoms with Crippen LogP contribution in [0.2, 0.25) is 0 Å². The van der Waals surface area contributed by atoms with Crippen molar-refractivity contribution in [1.82, 2.24) is 0 Å². The monoisotopic (exact) mass is 164 g/mol. The van der Waals surface area contributed by atoms with Crippen molar-refractivity contribution in [2.24, 2.45) is 17.8 Å². The molecule has 1 saturated carbocycles. The van der Waals surface area contributed by atoms with Crippen LogP contribution >= 0.6 is 0 Å². The molecule has 0 amide bonds. The summed E-state index contributed by atoms with van der Waals surface area (Å²) in [4.78, 5) is 10.3. The minimum atomic E-state index is -0.832. The van der Waals surface area contributed by atoms with E-state index in [4.69, 9.17) is 5.11 Å². The molecule has 64 valence electrons. The van der Waals surface area contributed by atoms with Gasteiger partial charge in [-0.3, -0.25) is 0 Å². The van der Waals surface area contributed by atoms with Crippen molar-refractivity contribution in [2.45, 2.75) is 12.8 Å². The summed E-state index contributed by atoms with van der Waals surface area (Å²) in [7, 11) is 0. The Balaban J connectivity index is 1.99. The van der Waals surface area contributed by atoms with Gasteiger partial charge in [0.1, 0.15) is 0 Å². The summed E-state index contributed by atoms with van der Waals surface area (Å²) in [5.41, 5.74) is 0. The van der Waals surface area contributed by atoms with Crippen LogP contribution in [0.3, 0.4) is 0 Å². The van der Waals surface area contributed by atoms with Crippen molar-refractivity contribution in [2.75, 3.05) is 0 Å². The molecule has 12 heavy (non-hydrogen) atoms. The maximum atomic E-state index is 10.3. The molecular formula is C10H12O2. The van der Waals surface area contributed by atoms with Gasteiger partial charge < -0.3 is 5.11 Å². The minimum Gasteiger partial charge on any atom is -0.478 e. The standard InChI is InChI=1S/C10H12O2/c11-10(12)4-3-9-6-7-1-2-8(9)5-7/h1-4,7-9H,5-6H2,(H,11,12)/b4-3+/t7-,8+,9?/m0/s1. The van der Waals surface area contributed by atoms with Crippen LogP contribution in [0.4, 0.5) is 0 Å². The zero-order valence-electron chi connectivity index (χ0n) is 6.81. The third-order valence-electron chi connectivity index (χ3n) is 2.82. The van der Waals surface area contributed by atoms with Crippen molar-refractivity contribution in [3.8, 4) is 0 Å². The van der Waals surface area contributed by atoms with Gasteiger partial charge in [-0.2, -0.15) is 0 Å². The largest absolute Gasteiger partial charge is 0.478 e. The van der Waals surface area contributed by atoms with Crippen LogP contribution in [0.25, 0.3) is 0 Å². The molecule has 1 N–H and O–H groups in total. The molecule has 0 aromatic carbocycles. The molecule has 2 heteroatoms. The Morgan fingerprint density at radius 3 is 2.75 bits per heavy atom. The van der Waals surface area contributed by atoms with Crippen LogP contribution in [-0.4, -0.2) is 11.1 Å². The molecular weight excluding hydrogens is 152 g/mol. The van der Waals surface area contributed by atoms with Gasteiger partial charge in [-0.05, 0) is 30.6 Å². The second-order valence-electron chi connectivity index (χ2n) is 3.64. The van der Waals surface area contributed by atoms with Crippen LogP contribution in [0.15, 0.2) is 24.3 Å². The van der Waals surface area contributed by atoms with Crippen LogP contribution in [0, 0.1) is 17.8 Å². The van der Waals surface area contributed by atoms with Gasteiger partial charge in [-0.15, -0.1) is 0 Å². The topological polar surface area (TPSA) is 37.3 Å². The fourth-order valence-electron chi connectivity index (χ4n) is 2.25. The Bertz CT molecular complexity index is 253. The lowest BCUT2D eigenvalue weighted by atomic mass is 9.93. The summed E-state index contributed by atoms with van der Waals surface area (Å²) < 4.78 is 0. The van der Waals surface area contributed by atoms with E-state index in [0.29, 0.717) is 11.8 Å². The average molecular weight is 164 g/mol. The van der Waals surface area contributed by atoms with Crippen LogP contribution in [0.5, 0.6) is 0 Å². The fraction of sp³-hybridized carbons (Fsp3) is 0.500. The van der Waals surface area contributed by atoms with E-state index in [1.807, 2.05) is 6.08 Å². The number of carboxylic acids is 1. The number of rotatable bonds is 2. The molecule has 2 nitrogen and oxygen atoms in total. The molecule has 0 heterocycles. The van der Waals surface area contributed by atoms with E-state index < -0.39 is 5.97 Å². The predicted octanol–water partition coefficient (Wildman–Crippen LogP) is 1.84. The van der Waals surface area contributed by atoms with E-state index in [1.54, 1.807) is 0 Å². The highest BCUT2D eigenvalue weighted by Gasteiger charge is 2.33. The van der Waals surface area contributed by atoms with E-state index >= 15 is 0 Å². The molecule has 0 aromatic rings. The molecule has 1 fully saturated rings. The summed E-state index contributed by atoms with van der Waals surface area (Å²) in [6.45, 7) is 0. The van der Waals surface area contributed by atoms with E-state index in [0.717, 1.165) is 12.3 Å². The lowest BCUT2D eigenvalue weighted by Gasteiger charge is -2.12. The molecule has 2 bridgehead atoms. The highest BCUT2D eigenvalue weighted by molar-refractivity contribution is 5.79. The Hall–Kier alpha value is -1.05. The first-order chi connectivity index (χ1) is 5.75. The first kappa shape index (κ1) is 7.59. The Kier molecular flexibility index (Phi) is 1.75. The van der Waals surface area contributed by atoms with Gasteiger partial charge in [-0.25, -0.2) is 4.79 Å². The summed E-state index contributed by atoms with van der Waals surface area (Å²) in [6.07, 6.45) is 9.98. The maximum absolute atomic E-state index is 10.3. The first-order valence-corrected chi connectivity index (χ1v) is 4.35. The van der Waals surface area contributed by atoms with E-state index in [-0.39, 0.29) is 0 Å². The number of hydrogen-bond donors (Lipinski definition) is 1. The quantitative estimate of drug-likeness (QED) is 0.499. The second-order valence-corrected chi connectivity index (χ2v) is 3.64. The average Bonchev–Trinajstić information content (AvgIpc) is 2.60. The lowest BCUT2D eigenvalue weighted by molar-refractivity contribution is -0.131. The number of carbonyl (C=O) groups is 1. The van der Waals surface area contributed by atoms with Crippen molar-refractivity contribution in [3.05, 3.63) is 24.3 Å². The van der Waals surface area contributed by atoms with Crippen LogP contribution in [0.1, 0.15) is 12.8 Å². The molecule has 0 radical (unpaired) electrons. The third kappa shape index (κ3) is 1.29. The fourth-order valence-corrected chi connectivity index (χ4v) is 2.25. The van der Waals surface area contributed by atoms with Gasteiger partial charge in [0, 0.05) is 6.08 Å². The normalized spacial score (nSPS) is 38.2. The van der Waals surface area contributed by atoms with E-state index in [1.165, 1.54) is 12.5 Å². The van der Waals surface area contributed by atoms with Gasteiger partial charge in [0.05, 0.1) is 0 Å². The zero-order valence-corrected chi connectivity index (χ0v) is 6.81. The van der Waals surface area contributed by atoms with Gasteiger partial charge in [0.25, 0.3) is 0 Å². The molecule has 0 spiro atoms. The van der Waals surface area contributed by atoms with Gasteiger partial charge in [-0.1, -0.05) is 18.2 Å². The molecule has 1 unspecified atom stereocenters. The number of carboxylic acid groups (broad SMARTS) is 1. The van der Waals surface area contributed by atoms with Crippen LogP contribution < -0.4 is 0 Å². The SMILES string of the molecule is O=C(O)/C=C/C1C[C@H]2C=C[C@@H]1C2. The minimum absolute atomic E-state index is 0.482. The summed E-state index contributed by atoms with van der Waals surface area (Å²) in [6, 6.07) is 0. The van der Waals surface area contributed by atoms with Crippen molar-refractivity contribution in [3.63, 3.8) is 0 Å². The number of allylic oxidation sites excluding steroid dienone is 3. The molecule has 3 atom stereocenters. The number of fused-ring (bicyclic) bond motifs is 2. The summed E-state index contributed by atoms with van der Waals surface area (Å²) in [5.74, 6) is 0.988. The molecule has 0 aromatic heterocycles. The summed E-state index contributed by atoms with van der Waals surface area (Å²) in [5, 5.41) is 8.44. The van der Waals surface area contributed by atoms with E-state index in [9.17, 15) is 4.79 Å². The van der Waals surface area contributed by atoms with Crippen molar-refractivity contribution >= 4 is 5.97 Å². The van der Waals surface area contributed by atoms with E-state index in [2.05, 4.69) is 12.2 Å². The Morgan fingerprint density at radius 2 is 2.25 bits per heavy atom. The van der Waals surface area contributed by atoms with Crippen LogP contribution in [-0.2, 0) is 4.79 Å². The summed E-state index contributed by atoms with van der Waals surface area (Å²) >= 11 is 0. The van der Waals surface area contributed by atoms with Gasteiger partial charge in [0.2, 0.25) is 0 Å². The number of hydrogen-bond acceptors (Lipinski definition) is 1. The van der Waals surface area contributed by atoms with Crippen molar-refractivity contribution < 1.29 is 9.90 Å². The number of aliphatic carboxylic acids is 1. The smallest absolute Gasteiger partial charge is 0.327 e. The molecule has 0 aliphatic heterocycles. The molecule has 0 saturated heterocycles. The zero-order chi connectivity index (χ0) is 8.55. The highest BCUT2D eigenvalue weighted by Crippen LogP contribution is 2.43. The third-order valence-corrected chi connectivity index (χ3v) is 2.82. The van der Waals surface area contributed by atoms with Gasteiger partial charge >= 0.3 is 5.97 Å². The van der Waals surface area contributed by atoms with Crippen molar-refractivity contribution in [1.29, 1.82) is 0 Å².